The van der Waals surface area contributed by atoms with E-state index in [9.17, 15) is 67.7 Å². The van der Waals surface area contributed by atoms with Gasteiger partial charge in [-0.1, -0.05) is 57.5 Å². The number of hydrogen-bond donors (Lipinski definition) is 15. The van der Waals surface area contributed by atoms with Crippen molar-refractivity contribution >= 4 is 70.6 Å². The third-order valence-electron chi connectivity index (χ3n) is 15.2. The fourth-order valence-corrected chi connectivity index (χ4v) is 10.1. The minimum absolute atomic E-state index is 0.0569. The van der Waals surface area contributed by atoms with Crippen LogP contribution in [0.1, 0.15) is 138 Å². The molecular weight excluding hydrogens is 1140 g/mol. The molecule has 1 aromatic carbocycles. The van der Waals surface area contributed by atoms with Gasteiger partial charge in [-0.3, -0.25) is 57.5 Å². The van der Waals surface area contributed by atoms with E-state index in [2.05, 4.69) is 42.5 Å². The van der Waals surface area contributed by atoms with E-state index in [0.717, 1.165) is 6.42 Å². The second kappa shape index (κ2) is 39.9. The molecule has 496 valence electrons. The zero-order chi connectivity index (χ0) is 66.3. The summed E-state index contributed by atoms with van der Waals surface area (Å²) in [7, 11) is 0. The van der Waals surface area contributed by atoms with Crippen LogP contribution in [0.15, 0.2) is 30.3 Å². The summed E-state index contributed by atoms with van der Waals surface area (Å²) in [6.07, 6.45) is -4.85. The minimum Gasteiger partial charge on any atom is -0.465 e. The number of ketones is 3. The third-order valence-corrected chi connectivity index (χ3v) is 15.2. The predicted molar refractivity (Wildman–Crippen MR) is 326 cm³/mol. The van der Waals surface area contributed by atoms with E-state index >= 15 is 0 Å². The molecule has 12 atom stereocenters. The van der Waals surface area contributed by atoms with Gasteiger partial charge in [0.2, 0.25) is 47.3 Å². The van der Waals surface area contributed by atoms with Gasteiger partial charge in [0.1, 0.15) is 30.8 Å². The number of esters is 1. The molecule has 0 radical (unpaired) electrons. The highest BCUT2D eigenvalue weighted by molar-refractivity contribution is 5.99. The van der Waals surface area contributed by atoms with Gasteiger partial charge in [-0.2, -0.15) is 0 Å². The molecular formula is C60H101N13O15. The molecule has 28 heteroatoms. The van der Waals surface area contributed by atoms with Gasteiger partial charge >= 0.3 is 5.97 Å². The lowest BCUT2D eigenvalue weighted by atomic mass is 9.88. The van der Waals surface area contributed by atoms with E-state index in [1.165, 1.54) is 13.8 Å². The maximum atomic E-state index is 14.6. The largest absolute Gasteiger partial charge is 0.465 e. The SMILES string of the molecule is CCCC(C)(C)C(=O)OCCC(=O)N[C@@H](CCN)C(=O)C[C@H](C(=O)N[C@@H](CCN)C(=O)C[C@H]1CCNC(=O)[C@H](C(C)O)NC(=O)[C@H](CCN)CC(=O)[C@H](CCN)NC(=O)[C@H](CC(C)C)NC(=O)[C@@H](Cc2ccccc2)NC(=O)[C@H](CCN)NC1=O)C(C)O. The zero-order valence-corrected chi connectivity index (χ0v) is 52.3. The molecule has 0 aromatic heterocycles. The summed E-state index contributed by atoms with van der Waals surface area (Å²) in [5, 5.41) is 42.6. The average molecular weight is 1240 g/mol. The number of aliphatic hydroxyl groups is 2. The van der Waals surface area contributed by atoms with Crippen LogP contribution < -0.4 is 71.2 Å². The number of carbonyl (C=O) groups excluding carboxylic acids is 12. The quantitative estimate of drug-likeness (QED) is 0.0334. The highest BCUT2D eigenvalue weighted by atomic mass is 16.5. The van der Waals surface area contributed by atoms with Gasteiger partial charge in [-0.25, -0.2) is 0 Å². The first-order valence-corrected chi connectivity index (χ1v) is 30.6. The van der Waals surface area contributed by atoms with Crippen molar-refractivity contribution in [2.24, 2.45) is 57.8 Å². The van der Waals surface area contributed by atoms with E-state index < -0.39 is 174 Å². The Morgan fingerprint density at radius 1 is 0.659 bits per heavy atom. The Labute approximate surface area is 516 Å². The molecule has 2 unspecified atom stereocenters. The van der Waals surface area contributed by atoms with Crippen LogP contribution in [-0.4, -0.2) is 181 Å². The number of aliphatic hydroxyl groups excluding tert-OH is 2. The van der Waals surface area contributed by atoms with E-state index in [-0.39, 0.29) is 103 Å². The van der Waals surface area contributed by atoms with Crippen molar-refractivity contribution in [3.63, 3.8) is 0 Å². The molecule has 0 aliphatic carbocycles. The molecule has 2 rings (SSSR count). The summed E-state index contributed by atoms with van der Waals surface area (Å²) in [5.41, 5.74) is 29.3. The second-order valence-corrected chi connectivity index (χ2v) is 23.7. The van der Waals surface area contributed by atoms with Gasteiger partial charge < -0.3 is 86.2 Å². The summed E-state index contributed by atoms with van der Waals surface area (Å²) < 4.78 is 5.31. The Morgan fingerprint density at radius 2 is 1.20 bits per heavy atom. The van der Waals surface area contributed by atoms with E-state index in [4.69, 9.17) is 33.4 Å². The summed E-state index contributed by atoms with van der Waals surface area (Å²) in [4.78, 5) is 167. The Balaban J connectivity index is 2.65. The lowest BCUT2D eigenvalue weighted by Crippen LogP contribution is -2.59. The first-order valence-electron chi connectivity index (χ1n) is 30.6. The van der Waals surface area contributed by atoms with Crippen LogP contribution in [0.3, 0.4) is 0 Å². The van der Waals surface area contributed by atoms with E-state index in [0.29, 0.717) is 12.0 Å². The molecule has 0 bridgehead atoms. The van der Waals surface area contributed by atoms with Crippen molar-refractivity contribution in [3.05, 3.63) is 35.9 Å². The molecule has 28 nitrogen and oxygen atoms in total. The number of ether oxygens (including phenoxy) is 1. The van der Waals surface area contributed by atoms with Gasteiger partial charge in [-0.05, 0) is 123 Å². The molecule has 88 heavy (non-hydrogen) atoms. The molecule has 0 spiro atoms. The number of rotatable bonds is 31. The maximum Gasteiger partial charge on any atom is 0.311 e. The summed E-state index contributed by atoms with van der Waals surface area (Å²) in [5.74, 6) is -13.6. The van der Waals surface area contributed by atoms with Gasteiger partial charge in [0, 0.05) is 44.1 Å². The summed E-state index contributed by atoms with van der Waals surface area (Å²) in [6.45, 7) is 10.2. The second-order valence-electron chi connectivity index (χ2n) is 23.7. The molecule has 1 aliphatic rings. The van der Waals surface area contributed by atoms with Crippen LogP contribution in [0.4, 0.5) is 0 Å². The van der Waals surface area contributed by atoms with Crippen LogP contribution in [0.5, 0.6) is 0 Å². The van der Waals surface area contributed by atoms with Gasteiger partial charge in [0.25, 0.3) is 0 Å². The smallest absolute Gasteiger partial charge is 0.311 e. The van der Waals surface area contributed by atoms with Crippen molar-refractivity contribution in [3.8, 4) is 0 Å². The molecule has 1 saturated heterocycles. The highest BCUT2D eigenvalue weighted by Gasteiger charge is 2.38. The number of Topliss-reactive ketones (excluding diaryl/α,β-unsaturated/α-hetero) is 3. The first-order chi connectivity index (χ1) is 41.6. The first kappa shape index (κ1) is 77.3. The van der Waals surface area contributed by atoms with Gasteiger partial charge in [0.05, 0.1) is 48.1 Å². The standard InChI is InChI=1S/C60H101N13O15/c1-8-21-60(6,7)59(87)88-28-20-50(79)67-41(15-23-62)49(78)33-40(35(4)74)54(82)68-42(16-24-63)48(77)32-39-19-27-66-58(86)51(36(5)75)73-53(81)38(14-22-61)31-47(76)43(17-25-64)69-56(84)45(29-34(2)3)71-57(85)46(30-37-12-10-9-11-13-37)72-55(83)44(18-26-65)70-52(39)80/h9-13,34-36,38-46,51,74-75H,8,14-33,61-65H2,1-7H3,(H,66,86)(H,67,79)(H,68,82)(H,69,84)(H,70,80)(H,71,85)(H,72,83)(H,73,81)/t35?,36?,38-,39-,40+,41+,42+,43+,44+,45+,46-,51+/m1/s1. The average Bonchev–Trinajstić information content (AvgIpc) is 3.65. The third kappa shape index (κ3) is 26.9. The van der Waals surface area contributed by atoms with E-state index in [1.54, 1.807) is 58.0 Å². The van der Waals surface area contributed by atoms with Crippen LogP contribution in [0.25, 0.3) is 0 Å². The van der Waals surface area contributed by atoms with Crippen molar-refractivity contribution in [2.45, 2.75) is 193 Å². The number of amides is 8. The summed E-state index contributed by atoms with van der Waals surface area (Å²) >= 11 is 0. The molecule has 1 aliphatic heterocycles. The summed E-state index contributed by atoms with van der Waals surface area (Å²) in [6, 6.07) is -1.09. The van der Waals surface area contributed by atoms with Gasteiger partial charge in [0.15, 0.2) is 17.3 Å². The van der Waals surface area contributed by atoms with Crippen molar-refractivity contribution in [1.29, 1.82) is 0 Å². The maximum absolute atomic E-state index is 14.6. The van der Waals surface area contributed by atoms with Crippen molar-refractivity contribution in [1.82, 2.24) is 42.5 Å². The Morgan fingerprint density at radius 3 is 1.77 bits per heavy atom. The van der Waals surface area contributed by atoms with E-state index in [1.807, 2.05) is 6.92 Å². The lowest BCUT2D eigenvalue weighted by molar-refractivity contribution is -0.155. The molecule has 0 saturated carbocycles. The number of hydrogen-bond acceptors (Lipinski definition) is 20. The van der Waals surface area contributed by atoms with Crippen LogP contribution >= 0.6 is 0 Å². The molecule has 1 aromatic rings. The highest BCUT2D eigenvalue weighted by Crippen LogP contribution is 2.24. The fourth-order valence-electron chi connectivity index (χ4n) is 10.1. The molecule has 8 amide bonds. The number of benzene rings is 1. The van der Waals surface area contributed by atoms with Crippen LogP contribution in [0, 0.1) is 29.1 Å². The molecule has 1 heterocycles. The Kier molecular flexibility index (Phi) is 35.1. The van der Waals surface area contributed by atoms with Crippen molar-refractivity contribution < 1.29 is 72.5 Å². The van der Waals surface area contributed by atoms with Gasteiger partial charge in [-0.15, -0.1) is 0 Å². The van der Waals surface area contributed by atoms with Crippen molar-refractivity contribution in [2.75, 3.05) is 45.9 Å². The zero-order valence-electron chi connectivity index (χ0n) is 52.3. The molecule has 1 fully saturated rings. The van der Waals surface area contributed by atoms with Crippen LogP contribution in [-0.2, 0) is 68.7 Å². The lowest BCUT2D eigenvalue weighted by Gasteiger charge is -2.28. The molecule has 20 N–H and O–H groups in total. The number of nitrogens with two attached hydrogens (primary N) is 5. The Bertz CT molecular complexity index is 2460. The Hall–Kier alpha value is -6.82. The number of nitrogens with one attached hydrogen (secondary N) is 8. The fraction of sp³-hybridized carbons (Fsp3) is 0.700. The predicted octanol–water partition coefficient (Wildman–Crippen LogP) is -2.82. The normalized spacial score (nSPS) is 22.4. The topological polar surface area (TPSA) is 481 Å². The monoisotopic (exact) mass is 1240 g/mol. The minimum atomic E-state index is -1.64. The number of carbonyl (C=O) groups is 12. The van der Waals surface area contributed by atoms with Crippen LogP contribution in [0.2, 0.25) is 0 Å².